The predicted octanol–water partition coefficient (Wildman–Crippen LogP) is 2.96. The van der Waals surface area contributed by atoms with Crippen LogP contribution < -0.4 is 10.2 Å². The van der Waals surface area contributed by atoms with Crippen LogP contribution in [0.2, 0.25) is 0 Å². The summed E-state index contributed by atoms with van der Waals surface area (Å²) in [5.74, 6) is 0.469. The molecule has 1 aromatic heterocycles. The minimum atomic E-state index is 0.317. The first-order valence-electron chi connectivity index (χ1n) is 7.44. The van der Waals surface area contributed by atoms with E-state index >= 15 is 0 Å². The van der Waals surface area contributed by atoms with Crippen LogP contribution in [0.5, 0.6) is 0 Å². The summed E-state index contributed by atoms with van der Waals surface area (Å²) in [4.78, 5) is 6.72. The van der Waals surface area contributed by atoms with Crippen molar-refractivity contribution < 1.29 is 5.11 Å². The Hall–Kier alpha value is -1.59. The van der Waals surface area contributed by atoms with Gasteiger partial charge in [-0.15, -0.1) is 11.3 Å². The maximum atomic E-state index is 9.26. The van der Waals surface area contributed by atoms with Crippen molar-refractivity contribution in [3.8, 4) is 0 Å². The highest BCUT2D eigenvalue weighted by Crippen LogP contribution is 2.30. The van der Waals surface area contributed by atoms with Crippen LogP contribution in [0.25, 0.3) is 0 Å². The summed E-state index contributed by atoms with van der Waals surface area (Å²) in [6.07, 6.45) is 3.97. The van der Waals surface area contributed by atoms with Crippen molar-refractivity contribution in [3.05, 3.63) is 40.8 Å². The summed E-state index contributed by atoms with van der Waals surface area (Å²) in [5.41, 5.74) is 2.42. The van der Waals surface area contributed by atoms with E-state index in [1.165, 1.54) is 5.69 Å². The number of benzene rings is 1. The Balaban J connectivity index is 1.67. The molecule has 0 radical (unpaired) electrons. The van der Waals surface area contributed by atoms with Crippen molar-refractivity contribution in [1.29, 1.82) is 0 Å². The highest BCUT2D eigenvalue weighted by atomic mass is 32.1. The maximum absolute atomic E-state index is 9.26. The van der Waals surface area contributed by atoms with Crippen LogP contribution in [-0.2, 0) is 6.54 Å². The van der Waals surface area contributed by atoms with E-state index in [0.29, 0.717) is 12.5 Å². The molecular weight excluding hydrogens is 282 g/mol. The molecule has 5 heteroatoms. The monoisotopic (exact) mass is 303 g/mol. The second-order valence-corrected chi connectivity index (χ2v) is 6.39. The third-order valence-electron chi connectivity index (χ3n) is 4.03. The summed E-state index contributed by atoms with van der Waals surface area (Å²) in [5, 5.41) is 15.9. The Morgan fingerprint density at radius 3 is 2.81 bits per heavy atom. The van der Waals surface area contributed by atoms with Gasteiger partial charge in [-0.05, 0) is 30.9 Å². The molecule has 0 aliphatic carbocycles. The molecule has 0 unspecified atom stereocenters. The Morgan fingerprint density at radius 2 is 2.10 bits per heavy atom. The molecule has 0 saturated carbocycles. The van der Waals surface area contributed by atoms with Crippen molar-refractivity contribution in [2.24, 2.45) is 5.92 Å². The maximum Gasteiger partial charge on any atom is 0.112 e. The van der Waals surface area contributed by atoms with E-state index in [1.54, 1.807) is 11.3 Å². The number of thiazole rings is 1. The number of aliphatic hydroxyl groups is 1. The van der Waals surface area contributed by atoms with Crippen LogP contribution in [0, 0.1) is 5.92 Å². The van der Waals surface area contributed by atoms with Gasteiger partial charge in [0.25, 0.3) is 0 Å². The first kappa shape index (κ1) is 14.4. The fourth-order valence-electron chi connectivity index (χ4n) is 2.77. The fraction of sp³-hybridized carbons (Fsp3) is 0.438. The van der Waals surface area contributed by atoms with Crippen molar-refractivity contribution in [2.45, 2.75) is 19.4 Å². The van der Waals surface area contributed by atoms with Crippen LogP contribution in [0.1, 0.15) is 17.8 Å². The van der Waals surface area contributed by atoms with Crippen LogP contribution in [-0.4, -0.2) is 29.8 Å². The van der Waals surface area contributed by atoms with Gasteiger partial charge in [-0.1, -0.05) is 12.1 Å². The van der Waals surface area contributed by atoms with Crippen LogP contribution in [0.15, 0.2) is 35.8 Å². The summed E-state index contributed by atoms with van der Waals surface area (Å²) in [6, 6.07) is 8.45. The van der Waals surface area contributed by atoms with E-state index in [0.717, 1.165) is 43.2 Å². The summed E-state index contributed by atoms with van der Waals surface area (Å²) in [7, 11) is 0. The molecule has 0 spiro atoms. The number of nitrogens with zero attached hydrogens (tertiary/aromatic N) is 2. The molecule has 2 aromatic rings. The third-order valence-corrected chi connectivity index (χ3v) is 4.81. The van der Waals surface area contributed by atoms with Gasteiger partial charge >= 0.3 is 0 Å². The Morgan fingerprint density at radius 1 is 1.29 bits per heavy atom. The van der Waals surface area contributed by atoms with Crippen LogP contribution in [0.4, 0.5) is 11.4 Å². The number of nitrogens with one attached hydrogen (secondary N) is 1. The number of rotatable bonds is 5. The SMILES string of the molecule is OCC1CCN(c2ccccc2NCc2nccs2)CC1. The van der Waals surface area contributed by atoms with Gasteiger partial charge in [-0.3, -0.25) is 0 Å². The third kappa shape index (κ3) is 3.54. The molecule has 0 bridgehead atoms. The standard InChI is InChI=1S/C16H21N3OS/c20-12-13-5-8-19(9-6-13)15-4-2-1-3-14(15)18-11-16-17-7-10-21-16/h1-4,7,10,13,18,20H,5-6,8-9,11-12H2. The molecule has 1 aliphatic heterocycles. The van der Waals surface area contributed by atoms with Crippen molar-refractivity contribution in [3.63, 3.8) is 0 Å². The van der Waals surface area contributed by atoms with Gasteiger partial charge in [0.2, 0.25) is 0 Å². The van der Waals surface area contributed by atoms with E-state index in [9.17, 15) is 5.11 Å². The zero-order valence-corrected chi connectivity index (χ0v) is 12.9. The van der Waals surface area contributed by atoms with Crippen molar-refractivity contribution >= 4 is 22.7 Å². The molecule has 21 heavy (non-hydrogen) atoms. The van der Waals surface area contributed by atoms with Gasteiger partial charge in [-0.2, -0.15) is 0 Å². The highest BCUT2D eigenvalue weighted by Gasteiger charge is 2.20. The van der Waals surface area contributed by atoms with Gasteiger partial charge in [0.1, 0.15) is 5.01 Å². The summed E-state index contributed by atoms with van der Waals surface area (Å²) >= 11 is 1.67. The second kappa shape index (κ2) is 6.91. The van der Waals surface area contributed by atoms with Gasteiger partial charge in [0.15, 0.2) is 0 Å². The van der Waals surface area contributed by atoms with Crippen molar-refractivity contribution in [1.82, 2.24) is 4.98 Å². The number of hydrogen-bond acceptors (Lipinski definition) is 5. The minimum Gasteiger partial charge on any atom is -0.396 e. The molecule has 0 atom stereocenters. The molecule has 0 amide bonds. The smallest absolute Gasteiger partial charge is 0.112 e. The number of aromatic nitrogens is 1. The van der Waals surface area contributed by atoms with Crippen molar-refractivity contribution in [2.75, 3.05) is 29.9 Å². The molecule has 1 aromatic carbocycles. The average Bonchev–Trinajstić information content (AvgIpc) is 3.07. The number of aliphatic hydroxyl groups excluding tert-OH is 1. The number of anilines is 2. The first-order chi connectivity index (χ1) is 10.4. The number of para-hydroxylation sites is 2. The molecule has 1 aliphatic rings. The lowest BCUT2D eigenvalue weighted by Crippen LogP contribution is -2.35. The van der Waals surface area contributed by atoms with Crippen LogP contribution in [0.3, 0.4) is 0 Å². The van der Waals surface area contributed by atoms with Gasteiger partial charge in [-0.25, -0.2) is 4.98 Å². The second-order valence-electron chi connectivity index (χ2n) is 5.41. The quantitative estimate of drug-likeness (QED) is 0.891. The van der Waals surface area contributed by atoms with E-state index < -0.39 is 0 Å². The van der Waals surface area contributed by atoms with Gasteiger partial charge in [0.05, 0.1) is 17.9 Å². The molecule has 1 fully saturated rings. The molecule has 4 nitrogen and oxygen atoms in total. The van der Waals surface area contributed by atoms with E-state index in [4.69, 9.17) is 0 Å². The molecular formula is C16H21N3OS. The largest absolute Gasteiger partial charge is 0.396 e. The lowest BCUT2D eigenvalue weighted by molar-refractivity contribution is 0.203. The molecule has 2 N–H and O–H groups in total. The van der Waals surface area contributed by atoms with E-state index in [2.05, 4.69) is 39.5 Å². The molecule has 3 rings (SSSR count). The zero-order chi connectivity index (χ0) is 14.5. The summed E-state index contributed by atoms with van der Waals surface area (Å²) < 4.78 is 0. The van der Waals surface area contributed by atoms with Crippen LogP contribution >= 0.6 is 11.3 Å². The average molecular weight is 303 g/mol. The highest BCUT2D eigenvalue weighted by molar-refractivity contribution is 7.09. The van der Waals surface area contributed by atoms with Gasteiger partial charge in [0, 0.05) is 31.3 Å². The Labute approximate surface area is 129 Å². The Bertz CT molecular complexity index is 550. The molecule has 112 valence electrons. The normalized spacial score (nSPS) is 16.1. The fourth-order valence-corrected chi connectivity index (χ4v) is 3.32. The number of piperidine rings is 1. The minimum absolute atomic E-state index is 0.317. The zero-order valence-electron chi connectivity index (χ0n) is 12.0. The molecule has 1 saturated heterocycles. The summed E-state index contributed by atoms with van der Waals surface area (Å²) in [6.45, 7) is 3.11. The van der Waals surface area contributed by atoms with E-state index in [-0.39, 0.29) is 0 Å². The van der Waals surface area contributed by atoms with E-state index in [1.807, 2.05) is 11.6 Å². The number of hydrogen-bond donors (Lipinski definition) is 2. The predicted molar refractivity (Wildman–Crippen MR) is 87.9 cm³/mol. The Kier molecular flexibility index (Phi) is 4.72. The lowest BCUT2D eigenvalue weighted by atomic mass is 9.97. The first-order valence-corrected chi connectivity index (χ1v) is 8.32. The molecule has 2 heterocycles. The van der Waals surface area contributed by atoms with Gasteiger partial charge < -0.3 is 15.3 Å². The topological polar surface area (TPSA) is 48.4 Å². The lowest BCUT2D eigenvalue weighted by Gasteiger charge is -2.34.